The average Bonchev–Trinajstić information content (AvgIpc) is 2.46. The number of methoxy groups -OCH3 is 1. The molecule has 1 amide bonds. The van der Waals surface area contributed by atoms with E-state index in [1.807, 2.05) is 6.07 Å². The number of hydrogen-bond acceptors (Lipinski definition) is 3. The second-order valence-corrected chi connectivity index (χ2v) is 5.01. The highest BCUT2D eigenvalue weighted by atomic mass is 79.9. The van der Waals surface area contributed by atoms with E-state index in [9.17, 15) is 9.90 Å². The van der Waals surface area contributed by atoms with Gasteiger partial charge < -0.3 is 15.2 Å². The van der Waals surface area contributed by atoms with Crippen LogP contribution in [0.2, 0.25) is 0 Å². The zero-order valence-electron chi connectivity index (χ0n) is 10.9. The van der Waals surface area contributed by atoms with Crippen LogP contribution in [-0.4, -0.2) is 18.1 Å². The van der Waals surface area contributed by atoms with Crippen LogP contribution in [0.4, 0.5) is 0 Å². The number of hydrogen-bond donors (Lipinski definition) is 2. The van der Waals surface area contributed by atoms with Gasteiger partial charge in [0.25, 0.3) is 5.91 Å². The second kappa shape index (κ2) is 6.43. The van der Waals surface area contributed by atoms with Gasteiger partial charge in [0, 0.05) is 16.6 Å². The summed E-state index contributed by atoms with van der Waals surface area (Å²) in [6, 6.07) is 12.1. The van der Waals surface area contributed by atoms with Crippen LogP contribution in [0, 0.1) is 0 Å². The number of carbonyl (C=O) groups is 1. The van der Waals surface area contributed by atoms with Crippen LogP contribution in [0.3, 0.4) is 0 Å². The normalized spacial score (nSPS) is 10.1. The maximum atomic E-state index is 12.1. The van der Waals surface area contributed by atoms with Gasteiger partial charge in [-0.2, -0.15) is 0 Å². The maximum absolute atomic E-state index is 12.1. The molecule has 0 heterocycles. The van der Waals surface area contributed by atoms with E-state index in [2.05, 4.69) is 21.2 Å². The van der Waals surface area contributed by atoms with E-state index < -0.39 is 0 Å². The summed E-state index contributed by atoms with van der Waals surface area (Å²) in [5, 5.41) is 12.4. The van der Waals surface area contributed by atoms with Gasteiger partial charge in [0.2, 0.25) is 0 Å². The lowest BCUT2D eigenvalue weighted by molar-refractivity contribution is 0.0949. The molecule has 20 heavy (non-hydrogen) atoms. The van der Waals surface area contributed by atoms with E-state index in [0.717, 1.165) is 0 Å². The topological polar surface area (TPSA) is 58.6 Å². The minimum Gasteiger partial charge on any atom is -0.508 e. The molecule has 0 aliphatic carbocycles. The van der Waals surface area contributed by atoms with Crippen LogP contribution in [0.5, 0.6) is 11.5 Å². The number of para-hydroxylation sites is 1. The number of rotatable bonds is 4. The Morgan fingerprint density at radius 3 is 2.75 bits per heavy atom. The summed E-state index contributed by atoms with van der Waals surface area (Å²) >= 11 is 3.34. The summed E-state index contributed by atoms with van der Waals surface area (Å²) < 4.78 is 5.79. The van der Waals surface area contributed by atoms with Crippen molar-refractivity contribution in [2.75, 3.05) is 7.11 Å². The Kier molecular flexibility index (Phi) is 4.63. The first-order chi connectivity index (χ1) is 9.61. The number of carbonyl (C=O) groups excluding carboxylic acids is 1. The summed E-state index contributed by atoms with van der Waals surface area (Å²) in [6.07, 6.45) is 0. The van der Waals surface area contributed by atoms with Crippen LogP contribution < -0.4 is 10.1 Å². The van der Waals surface area contributed by atoms with Crippen molar-refractivity contribution in [3.63, 3.8) is 0 Å². The third kappa shape index (κ3) is 3.30. The van der Waals surface area contributed by atoms with Crippen molar-refractivity contribution in [1.29, 1.82) is 0 Å². The molecule has 0 fully saturated rings. The molecule has 0 aliphatic heterocycles. The van der Waals surface area contributed by atoms with Crippen LogP contribution in [0.15, 0.2) is 46.9 Å². The predicted octanol–water partition coefficient (Wildman–Crippen LogP) is 3.09. The number of aromatic hydroxyl groups is 1. The lowest BCUT2D eigenvalue weighted by atomic mass is 10.1. The quantitative estimate of drug-likeness (QED) is 0.902. The SMILES string of the molecule is COc1ccc(Br)c(C(=O)NCc2ccccc2O)c1. The Morgan fingerprint density at radius 2 is 2.05 bits per heavy atom. The van der Waals surface area contributed by atoms with Crippen molar-refractivity contribution >= 4 is 21.8 Å². The van der Waals surface area contributed by atoms with Crippen molar-refractivity contribution in [2.24, 2.45) is 0 Å². The van der Waals surface area contributed by atoms with Gasteiger partial charge in [-0.1, -0.05) is 18.2 Å². The molecule has 0 bridgehead atoms. The van der Waals surface area contributed by atoms with Crippen molar-refractivity contribution in [3.05, 3.63) is 58.1 Å². The van der Waals surface area contributed by atoms with E-state index in [1.54, 1.807) is 43.5 Å². The average molecular weight is 336 g/mol. The highest BCUT2D eigenvalue weighted by Gasteiger charge is 2.11. The Balaban J connectivity index is 2.11. The molecule has 5 heteroatoms. The third-order valence-corrected chi connectivity index (χ3v) is 3.54. The Morgan fingerprint density at radius 1 is 1.30 bits per heavy atom. The monoisotopic (exact) mass is 335 g/mol. The van der Waals surface area contributed by atoms with Gasteiger partial charge in [0.05, 0.1) is 12.7 Å². The molecule has 2 N–H and O–H groups in total. The summed E-state index contributed by atoms with van der Waals surface area (Å²) in [4.78, 5) is 12.1. The van der Waals surface area contributed by atoms with E-state index in [4.69, 9.17) is 4.74 Å². The van der Waals surface area contributed by atoms with E-state index in [1.165, 1.54) is 0 Å². The summed E-state index contributed by atoms with van der Waals surface area (Å²) in [5.41, 5.74) is 1.15. The molecule has 0 spiro atoms. The number of phenolic OH excluding ortho intramolecular Hbond substituents is 1. The lowest BCUT2D eigenvalue weighted by Gasteiger charge is -2.09. The van der Waals surface area contributed by atoms with Crippen LogP contribution >= 0.6 is 15.9 Å². The Hall–Kier alpha value is -2.01. The van der Waals surface area contributed by atoms with Gasteiger partial charge in [-0.15, -0.1) is 0 Å². The maximum Gasteiger partial charge on any atom is 0.252 e. The van der Waals surface area contributed by atoms with Crippen LogP contribution in [0.1, 0.15) is 15.9 Å². The minimum atomic E-state index is -0.237. The fourth-order valence-corrected chi connectivity index (χ4v) is 2.16. The molecule has 4 nitrogen and oxygen atoms in total. The smallest absolute Gasteiger partial charge is 0.252 e. The molecule has 2 rings (SSSR count). The Bertz CT molecular complexity index is 628. The van der Waals surface area contributed by atoms with E-state index in [-0.39, 0.29) is 18.2 Å². The van der Waals surface area contributed by atoms with Crippen LogP contribution in [-0.2, 0) is 6.54 Å². The molecular formula is C15H14BrNO3. The van der Waals surface area contributed by atoms with E-state index in [0.29, 0.717) is 21.3 Å². The molecule has 0 aromatic heterocycles. The first-order valence-electron chi connectivity index (χ1n) is 6.00. The molecule has 0 unspecified atom stereocenters. The first-order valence-corrected chi connectivity index (χ1v) is 6.79. The molecule has 0 saturated heterocycles. The third-order valence-electron chi connectivity index (χ3n) is 2.85. The fourth-order valence-electron chi connectivity index (χ4n) is 1.74. The van der Waals surface area contributed by atoms with Gasteiger partial charge >= 0.3 is 0 Å². The van der Waals surface area contributed by atoms with Gasteiger partial charge in [-0.25, -0.2) is 0 Å². The van der Waals surface area contributed by atoms with Gasteiger partial charge in [-0.05, 0) is 40.2 Å². The Labute approximate surface area is 125 Å². The zero-order valence-corrected chi connectivity index (χ0v) is 12.5. The van der Waals surface area contributed by atoms with Gasteiger partial charge in [0.15, 0.2) is 0 Å². The van der Waals surface area contributed by atoms with E-state index >= 15 is 0 Å². The van der Waals surface area contributed by atoms with Crippen molar-refractivity contribution < 1.29 is 14.6 Å². The summed E-state index contributed by atoms with van der Waals surface area (Å²) in [7, 11) is 1.55. The number of ether oxygens (including phenoxy) is 1. The first kappa shape index (κ1) is 14.4. The highest BCUT2D eigenvalue weighted by Crippen LogP contribution is 2.22. The number of nitrogens with one attached hydrogen (secondary N) is 1. The molecule has 104 valence electrons. The molecule has 0 radical (unpaired) electrons. The summed E-state index contributed by atoms with van der Waals surface area (Å²) in [6.45, 7) is 0.259. The van der Waals surface area contributed by atoms with Crippen LogP contribution in [0.25, 0.3) is 0 Å². The summed E-state index contributed by atoms with van der Waals surface area (Å²) in [5.74, 6) is 0.539. The molecule has 0 aliphatic rings. The number of benzene rings is 2. The lowest BCUT2D eigenvalue weighted by Crippen LogP contribution is -2.23. The predicted molar refractivity (Wildman–Crippen MR) is 80.0 cm³/mol. The number of halogens is 1. The zero-order chi connectivity index (χ0) is 14.5. The van der Waals surface area contributed by atoms with Gasteiger partial charge in [-0.3, -0.25) is 4.79 Å². The fraction of sp³-hybridized carbons (Fsp3) is 0.133. The molecule has 2 aromatic rings. The standard InChI is InChI=1S/C15H14BrNO3/c1-20-11-6-7-13(16)12(8-11)15(19)17-9-10-4-2-3-5-14(10)18/h2-8,18H,9H2,1H3,(H,17,19). The second-order valence-electron chi connectivity index (χ2n) is 4.16. The molecule has 0 atom stereocenters. The number of phenols is 1. The number of amides is 1. The molecule has 0 saturated carbocycles. The molecular weight excluding hydrogens is 322 g/mol. The van der Waals surface area contributed by atoms with Crippen molar-refractivity contribution in [3.8, 4) is 11.5 Å². The largest absolute Gasteiger partial charge is 0.508 e. The van der Waals surface area contributed by atoms with Crippen molar-refractivity contribution in [2.45, 2.75) is 6.54 Å². The minimum absolute atomic E-state index is 0.164. The van der Waals surface area contributed by atoms with Crippen molar-refractivity contribution in [1.82, 2.24) is 5.32 Å². The molecule has 2 aromatic carbocycles. The highest BCUT2D eigenvalue weighted by molar-refractivity contribution is 9.10. The van der Waals surface area contributed by atoms with Gasteiger partial charge in [0.1, 0.15) is 11.5 Å².